The number of aliphatic hydroxyl groups is 5. The zero-order valence-electron chi connectivity index (χ0n) is 39.9. The summed E-state index contributed by atoms with van der Waals surface area (Å²) in [5.41, 5.74) is 0. The lowest BCUT2D eigenvalue weighted by molar-refractivity contribution is -0.302. The molecule has 9 heteroatoms. The third-order valence-corrected chi connectivity index (χ3v) is 12.2. The summed E-state index contributed by atoms with van der Waals surface area (Å²) in [4.78, 5) is 13.0. The molecule has 0 aromatic rings. The van der Waals surface area contributed by atoms with Crippen LogP contribution >= 0.6 is 0 Å². The molecule has 9 nitrogen and oxygen atoms in total. The molecule has 0 bridgehead atoms. The number of amides is 1. The molecule has 0 aliphatic carbocycles. The van der Waals surface area contributed by atoms with E-state index in [2.05, 4.69) is 67.8 Å². The second-order valence-corrected chi connectivity index (χ2v) is 17.9. The summed E-state index contributed by atoms with van der Waals surface area (Å²) >= 11 is 0. The summed E-state index contributed by atoms with van der Waals surface area (Å²) in [7, 11) is 0. The van der Waals surface area contributed by atoms with Crippen molar-refractivity contribution in [3.05, 3.63) is 48.6 Å². The van der Waals surface area contributed by atoms with Crippen molar-refractivity contribution in [1.82, 2.24) is 5.32 Å². The number of hydrogen-bond acceptors (Lipinski definition) is 8. The quantitative estimate of drug-likeness (QED) is 0.0262. The van der Waals surface area contributed by atoms with E-state index < -0.39 is 49.5 Å². The predicted molar refractivity (Wildman–Crippen MR) is 258 cm³/mol. The minimum absolute atomic E-state index is 0.138. The lowest BCUT2D eigenvalue weighted by Gasteiger charge is -2.40. The predicted octanol–water partition coefficient (Wildman–Crippen LogP) is 11.8. The van der Waals surface area contributed by atoms with Crippen LogP contribution < -0.4 is 5.32 Å². The Labute approximate surface area is 380 Å². The first kappa shape index (κ1) is 58.2. The Morgan fingerprint density at radius 2 is 1.00 bits per heavy atom. The molecule has 1 aliphatic rings. The number of aliphatic hydroxyl groups excluding tert-OH is 5. The van der Waals surface area contributed by atoms with Gasteiger partial charge in [-0.3, -0.25) is 4.79 Å². The number of unbranched alkanes of at least 4 members (excludes halogenated alkanes) is 25. The number of nitrogens with one attached hydrogen (secondary N) is 1. The monoisotopic (exact) mass is 876 g/mol. The number of hydrogen-bond donors (Lipinski definition) is 6. The van der Waals surface area contributed by atoms with Crippen molar-refractivity contribution in [3.8, 4) is 0 Å². The van der Waals surface area contributed by atoms with E-state index in [-0.39, 0.29) is 12.5 Å². The van der Waals surface area contributed by atoms with Gasteiger partial charge in [0, 0.05) is 6.42 Å². The molecule has 1 aliphatic heterocycles. The molecule has 1 fully saturated rings. The van der Waals surface area contributed by atoms with Crippen molar-refractivity contribution in [1.29, 1.82) is 0 Å². The van der Waals surface area contributed by atoms with Crippen LogP contribution in [-0.2, 0) is 14.3 Å². The molecule has 1 saturated heterocycles. The van der Waals surface area contributed by atoms with Gasteiger partial charge in [-0.05, 0) is 51.4 Å². The second-order valence-electron chi connectivity index (χ2n) is 17.9. The first-order valence-corrected chi connectivity index (χ1v) is 25.8. The normalized spacial score (nSPS) is 20.7. The molecule has 0 saturated carbocycles. The number of carbonyl (C=O) groups excluding carboxylic acids is 1. The van der Waals surface area contributed by atoms with Crippen molar-refractivity contribution in [2.45, 2.75) is 269 Å². The summed E-state index contributed by atoms with van der Waals surface area (Å²) in [5.74, 6) is -0.146. The lowest BCUT2D eigenvalue weighted by Crippen LogP contribution is -2.60. The number of allylic oxidation sites excluding steroid dienone is 8. The molecular formula is C53H97NO8. The van der Waals surface area contributed by atoms with Crippen molar-refractivity contribution in [2.75, 3.05) is 13.2 Å². The number of ether oxygens (including phenoxy) is 2. The van der Waals surface area contributed by atoms with Crippen LogP contribution in [0.15, 0.2) is 48.6 Å². The van der Waals surface area contributed by atoms with Crippen LogP contribution in [-0.4, -0.2) is 87.5 Å². The Balaban J connectivity index is 2.19. The zero-order chi connectivity index (χ0) is 45.1. The fraction of sp³-hybridized carbons (Fsp3) is 0.830. The van der Waals surface area contributed by atoms with E-state index in [1.807, 2.05) is 0 Å². The molecule has 1 rings (SSSR count). The van der Waals surface area contributed by atoms with Gasteiger partial charge in [-0.15, -0.1) is 0 Å². The van der Waals surface area contributed by atoms with Gasteiger partial charge in [-0.2, -0.15) is 0 Å². The van der Waals surface area contributed by atoms with Gasteiger partial charge in [-0.1, -0.05) is 217 Å². The lowest BCUT2D eigenvalue weighted by atomic mass is 9.99. The highest BCUT2D eigenvalue weighted by molar-refractivity contribution is 5.76. The highest BCUT2D eigenvalue weighted by Gasteiger charge is 2.44. The standard InChI is InChI=1S/C53H97NO8/c1-3-5-7-9-11-13-15-17-18-19-20-21-22-23-24-25-26-27-28-29-30-31-33-35-37-39-41-43-49(57)54-46(45-61-53-52(60)51(59)50(58)48(44-55)62-53)47(56)42-40-38-36-34-32-16-14-12-10-8-6-4-2/h5,7,11,13,17-18,20-21,46-48,50-53,55-56,58-60H,3-4,6,8-10,12,14-16,19,22-45H2,1-2H3,(H,54,57)/b7-5-,13-11-,18-17-,21-20-. The molecule has 362 valence electrons. The molecule has 0 aromatic heterocycles. The molecule has 1 heterocycles. The molecule has 62 heavy (non-hydrogen) atoms. The van der Waals surface area contributed by atoms with Crippen LogP contribution in [0.5, 0.6) is 0 Å². The molecule has 7 atom stereocenters. The molecule has 0 radical (unpaired) electrons. The Bertz CT molecular complexity index is 1110. The number of carbonyl (C=O) groups is 1. The molecular weight excluding hydrogens is 779 g/mol. The Morgan fingerprint density at radius 3 is 1.48 bits per heavy atom. The maximum atomic E-state index is 13.0. The summed E-state index contributed by atoms with van der Waals surface area (Å²) in [5, 5.41) is 54.4. The van der Waals surface area contributed by atoms with Gasteiger partial charge in [0.25, 0.3) is 0 Å². The second kappa shape index (κ2) is 43.1. The van der Waals surface area contributed by atoms with Crippen LogP contribution in [0.1, 0.15) is 226 Å². The van der Waals surface area contributed by atoms with Crippen molar-refractivity contribution in [3.63, 3.8) is 0 Å². The van der Waals surface area contributed by atoms with Gasteiger partial charge in [-0.25, -0.2) is 0 Å². The molecule has 0 spiro atoms. The first-order chi connectivity index (χ1) is 30.3. The molecule has 1 amide bonds. The minimum Gasteiger partial charge on any atom is -0.394 e. The minimum atomic E-state index is -1.55. The van der Waals surface area contributed by atoms with Crippen molar-refractivity contribution >= 4 is 5.91 Å². The van der Waals surface area contributed by atoms with E-state index in [1.165, 1.54) is 135 Å². The van der Waals surface area contributed by atoms with Gasteiger partial charge < -0.3 is 40.3 Å². The van der Waals surface area contributed by atoms with Crippen LogP contribution in [0, 0.1) is 0 Å². The van der Waals surface area contributed by atoms with Crippen LogP contribution in [0.2, 0.25) is 0 Å². The van der Waals surface area contributed by atoms with Gasteiger partial charge >= 0.3 is 0 Å². The Hall–Kier alpha value is -1.85. The van der Waals surface area contributed by atoms with Crippen molar-refractivity contribution in [2.24, 2.45) is 0 Å². The number of rotatable bonds is 43. The van der Waals surface area contributed by atoms with Gasteiger partial charge in [0.15, 0.2) is 6.29 Å². The van der Waals surface area contributed by atoms with E-state index in [9.17, 15) is 30.3 Å². The molecule has 0 aromatic carbocycles. The van der Waals surface area contributed by atoms with E-state index in [4.69, 9.17) is 9.47 Å². The Kier molecular flexibility index (Phi) is 40.4. The topological polar surface area (TPSA) is 149 Å². The van der Waals surface area contributed by atoms with Crippen LogP contribution in [0.3, 0.4) is 0 Å². The Morgan fingerprint density at radius 1 is 0.565 bits per heavy atom. The van der Waals surface area contributed by atoms with Crippen molar-refractivity contribution < 1.29 is 39.8 Å². The highest BCUT2D eigenvalue weighted by atomic mass is 16.7. The average Bonchev–Trinajstić information content (AvgIpc) is 3.27. The summed E-state index contributed by atoms with van der Waals surface area (Å²) in [6, 6.07) is -0.718. The fourth-order valence-electron chi connectivity index (χ4n) is 8.09. The smallest absolute Gasteiger partial charge is 0.220 e. The SMILES string of the molecule is CC/C=C\C/C=C\C/C=C\C/C=C\CCCCCCCCCCCCCCCCC(=O)NC(COC1OC(CO)C(O)C(O)C1O)C(O)CCCCCCCCCCCCCC. The maximum Gasteiger partial charge on any atom is 0.220 e. The van der Waals surface area contributed by atoms with E-state index in [0.717, 1.165) is 64.2 Å². The fourth-order valence-corrected chi connectivity index (χ4v) is 8.09. The average molecular weight is 876 g/mol. The summed E-state index contributed by atoms with van der Waals surface area (Å²) < 4.78 is 11.3. The van der Waals surface area contributed by atoms with Crippen LogP contribution in [0.4, 0.5) is 0 Å². The first-order valence-electron chi connectivity index (χ1n) is 25.8. The van der Waals surface area contributed by atoms with E-state index >= 15 is 0 Å². The van der Waals surface area contributed by atoms with Gasteiger partial charge in [0.05, 0.1) is 25.4 Å². The van der Waals surface area contributed by atoms with E-state index in [1.54, 1.807) is 0 Å². The van der Waals surface area contributed by atoms with E-state index in [0.29, 0.717) is 12.8 Å². The maximum absolute atomic E-state index is 13.0. The van der Waals surface area contributed by atoms with Gasteiger partial charge in [0.2, 0.25) is 5.91 Å². The molecule has 7 unspecified atom stereocenters. The third-order valence-electron chi connectivity index (χ3n) is 12.2. The highest BCUT2D eigenvalue weighted by Crippen LogP contribution is 2.23. The summed E-state index contributed by atoms with van der Waals surface area (Å²) in [6.45, 7) is 3.72. The molecule has 6 N–H and O–H groups in total. The largest absolute Gasteiger partial charge is 0.394 e. The zero-order valence-corrected chi connectivity index (χ0v) is 39.9. The van der Waals surface area contributed by atoms with Gasteiger partial charge in [0.1, 0.15) is 24.4 Å². The third kappa shape index (κ3) is 32.8. The summed E-state index contributed by atoms with van der Waals surface area (Å²) in [6.07, 6.45) is 48.4. The van der Waals surface area contributed by atoms with Crippen LogP contribution in [0.25, 0.3) is 0 Å².